The number of aliphatic hydroxyl groups is 5. The Morgan fingerprint density at radius 2 is 1.10 bits per heavy atom. The van der Waals surface area contributed by atoms with Gasteiger partial charge in [-0.2, -0.15) is 16.8 Å². The number of hydrogen-bond acceptors (Lipinski definition) is 18. The lowest BCUT2D eigenvalue weighted by molar-refractivity contribution is -0.314. The molecule has 0 aromatic carbocycles. The average molecular weight is 664 g/mol. The Hall–Kier alpha value is -0.820. The molecule has 19 N–H and O–H groups in total. The fraction of sp³-hybridized carbons (Fsp3) is 1.00. The fourth-order valence-corrected chi connectivity index (χ4v) is 4.43. The highest BCUT2D eigenvalue weighted by Crippen LogP contribution is 2.30. The summed E-state index contributed by atoms with van der Waals surface area (Å²) in [5.41, 5.74) is 29.8. The van der Waals surface area contributed by atoms with Crippen molar-refractivity contribution in [3.8, 4) is 0 Å². The molecule has 2 aliphatic heterocycles. The van der Waals surface area contributed by atoms with Gasteiger partial charge in [0.25, 0.3) is 0 Å². The Balaban J connectivity index is 0.000000759. The lowest BCUT2D eigenvalue weighted by Gasteiger charge is -2.47. The van der Waals surface area contributed by atoms with Crippen molar-refractivity contribution in [3.05, 3.63) is 0 Å². The van der Waals surface area contributed by atoms with Gasteiger partial charge in [-0.1, -0.05) is 0 Å². The van der Waals surface area contributed by atoms with Gasteiger partial charge in [0, 0.05) is 18.6 Å². The van der Waals surface area contributed by atoms with Crippen LogP contribution in [0, 0.1) is 0 Å². The van der Waals surface area contributed by atoms with Crippen LogP contribution in [0.5, 0.6) is 0 Å². The maximum atomic E-state index is 11.0. The molecule has 3 fully saturated rings. The van der Waals surface area contributed by atoms with E-state index >= 15 is 0 Å². The molecule has 24 heteroatoms. The van der Waals surface area contributed by atoms with Crippen LogP contribution >= 0.6 is 0 Å². The molecule has 0 aromatic rings. The van der Waals surface area contributed by atoms with Crippen LogP contribution in [0.15, 0.2) is 0 Å². The smallest absolute Gasteiger partial charge is 0.394 e. The molecule has 252 valence electrons. The highest BCUT2D eigenvalue weighted by Gasteiger charge is 2.50. The van der Waals surface area contributed by atoms with E-state index in [0.29, 0.717) is 0 Å². The topological polar surface area (TPSA) is 417 Å². The van der Waals surface area contributed by atoms with E-state index in [1.165, 1.54) is 0 Å². The predicted molar refractivity (Wildman–Crippen MR) is 137 cm³/mol. The van der Waals surface area contributed by atoms with Gasteiger partial charge in [0.15, 0.2) is 12.6 Å². The first kappa shape index (κ1) is 39.2. The summed E-state index contributed by atoms with van der Waals surface area (Å²) in [6.07, 6.45) is -10.8. The molecule has 0 spiro atoms. The zero-order valence-corrected chi connectivity index (χ0v) is 23.5. The van der Waals surface area contributed by atoms with Crippen LogP contribution in [0.1, 0.15) is 12.8 Å². The number of ether oxygens (including phenoxy) is 4. The van der Waals surface area contributed by atoms with Gasteiger partial charge < -0.3 is 73.1 Å². The first-order valence-electron chi connectivity index (χ1n) is 12.2. The quantitative estimate of drug-likeness (QED) is 0.117. The normalized spacial score (nSPS) is 42.9. The summed E-state index contributed by atoms with van der Waals surface area (Å²) < 4.78 is 85.9. The molecule has 2 saturated heterocycles. The van der Waals surface area contributed by atoms with Crippen LogP contribution < -0.4 is 28.7 Å². The molecule has 2 heterocycles. The zero-order valence-electron chi connectivity index (χ0n) is 21.9. The number of hydrogen-bond donors (Lipinski definition) is 14. The molecule has 0 radical (unpaired) electrons. The van der Waals surface area contributed by atoms with E-state index in [-0.39, 0.29) is 19.4 Å². The maximum Gasteiger partial charge on any atom is 0.394 e. The number of rotatable bonds is 6. The molecule has 22 nitrogen and oxygen atoms in total. The lowest BCUT2D eigenvalue weighted by atomic mass is 9.84. The van der Waals surface area contributed by atoms with Crippen LogP contribution in [0.2, 0.25) is 0 Å². The molecule has 0 bridgehead atoms. The van der Waals surface area contributed by atoms with Crippen molar-refractivity contribution in [2.75, 3.05) is 13.2 Å². The molecule has 0 amide bonds. The highest BCUT2D eigenvalue weighted by molar-refractivity contribution is 7.80. The average Bonchev–Trinajstić information content (AvgIpc) is 2.83. The SMILES string of the molecule is NC[C@H]1O[C@H](O[C@H]2[C@H](O)[C@@H](O[C@H]3O[C@H](CO)[C@@H](O)[C@H](N)[C@H]3O)[C@H](N)C[C@@H]2N)[C@H](N)C[C@@H]1O.O=S(=O)(O)O.O=S(=O)(O)O. The van der Waals surface area contributed by atoms with Gasteiger partial charge in [-0.15, -0.1) is 0 Å². The second-order valence-electron chi connectivity index (χ2n) is 9.68. The van der Waals surface area contributed by atoms with Crippen molar-refractivity contribution < 1.29 is 79.5 Å². The molecule has 3 aliphatic rings. The minimum absolute atomic E-state index is 0.0542. The molecule has 1 saturated carbocycles. The van der Waals surface area contributed by atoms with Gasteiger partial charge in [-0.25, -0.2) is 0 Å². The first-order chi connectivity index (χ1) is 19.1. The minimum atomic E-state index is -4.67. The Labute approximate surface area is 240 Å². The highest BCUT2D eigenvalue weighted by atomic mass is 32.3. The monoisotopic (exact) mass is 663 g/mol. The molecule has 42 heavy (non-hydrogen) atoms. The van der Waals surface area contributed by atoms with Crippen molar-refractivity contribution in [3.63, 3.8) is 0 Å². The molecular formula is C18H41N5O17S2. The predicted octanol–water partition coefficient (Wildman–Crippen LogP) is -7.60. The summed E-state index contributed by atoms with van der Waals surface area (Å²) in [5.74, 6) is 0. The van der Waals surface area contributed by atoms with E-state index in [0.717, 1.165) is 0 Å². The maximum absolute atomic E-state index is 11.0. The Bertz CT molecular complexity index is 980. The summed E-state index contributed by atoms with van der Waals surface area (Å²) in [5, 5.41) is 50.7. The summed E-state index contributed by atoms with van der Waals surface area (Å²) >= 11 is 0. The van der Waals surface area contributed by atoms with Crippen LogP contribution in [0.3, 0.4) is 0 Å². The van der Waals surface area contributed by atoms with Crippen LogP contribution in [-0.4, -0.2) is 159 Å². The van der Waals surface area contributed by atoms with Gasteiger partial charge >= 0.3 is 20.8 Å². The Morgan fingerprint density at radius 3 is 1.52 bits per heavy atom. The largest absolute Gasteiger partial charge is 0.394 e. The second-order valence-corrected chi connectivity index (χ2v) is 11.5. The third-order valence-electron chi connectivity index (χ3n) is 6.41. The molecule has 0 unspecified atom stereocenters. The first-order valence-corrected chi connectivity index (χ1v) is 14.9. The summed E-state index contributed by atoms with van der Waals surface area (Å²) in [7, 11) is -9.33. The standard InChI is InChI=1S/C18H37N5O9.2H2O4S/c19-3-9-8(25)2-7(22)17(29-9)31-15-5(20)1-6(21)16(14(15)28)32-18-13(27)11(23)12(26)10(4-24)30-18;2*1-5(2,3)4/h5-18,24-28H,1-4,19-23H2;2*(H2,1,2,3,4)/t5-,6+,7+,8-,9+,10+,11-,12+,13+,14-,15+,16-,17+,18+;;/m0../s1. The minimum Gasteiger partial charge on any atom is -0.394 e. The van der Waals surface area contributed by atoms with Gasteiger partial charge in [-0.3, -0.25) is 18.2 Å². The van der Waals surface area contributed by atoms with E-state index in [2.05, 4.69) is 0 Å². The molecule has 3 rings (SSSR count). The third-order valence-corrected chi connectivity index (χ3v) is 6.41. The lowest BCUT2D eigenvalue weighted by Crippen LogP contribution is -2.68. The van der Waals surface area contributed by atoms with Gasteiger partial charge in [0.2, 0.25) is 0 Å². The van der Waals surface area contributed by atoms with Crippen molar-refractivity contribution in [1.29, 1.82) is 0 Å². The Kier molecular flexibility index (Phi) is 15.4. The van der Waals surface area contributed by atoms with Crippen LogP contribution in [0.25, 0.3) is 0 Å². The van der Waals surface area contributed by atoms with Crippen molar-refractivity contribution in [2.45, 2.75) is 98.4 Å². The summed E-state index contributed by atoms with van der Waals surface area (Å²) in [6, 6.07) is -3.27. The molecule has 14 atom stereocenters. The van der Waals surface area contributed by atoms with E-state index in [9.17, 15) is 25.5 Å². The van der Waals surface area contributed by atoms with Gasteiger partial charge in [0.1, 0.15) is 36.6 Å². The Morgan fingerprint density at radius 1 is 0.667 bits per heavy atom. The second kappa shape index (κ2) is 16.5. The zero-order chi connectivity index (χ0) is 32.7. The number of nitrogens with two attached hydrogens (primary N) is 5. The fourth-order valence-electron chi connectivity index (χ4n) is 4.43. The number of aliphatic hydroxyl groups excluding tert-OH is 5. The molecule has 0 aromatic heterocycles. The van der Waals surface area contributed by atoms with Crippen molar-refractivity contribution >= 4 is 20.8 Å². The molecule has 1 aliphatic carbocycles. The summed E-state index contributed by atoms with van der Waals surface area (Å²) in [4.78, 5) is 0. The van der Waals surface area contributed by atoms with E-state index in [4.69, 9.17) is 82.7 Å². The van der Waals surface area contributed by atoms with E-state index < -0.39 is 113 Å². The van der Waals surface area contributed by atoms with Crippen LogP contribution in [0.4, 0.5) is 0 Å². The van der Waals surface area contributed by atoms with Crippen molar-refractivity contribution in [2.24, 2.45) is 28.7 Å². The van der Waals surface area contributed by atoms with Gasteiger partial charge in [-0.05, 0) is 12.8 Å². The third kappa shape index (κ3) is 12.7. The van der Waals surface area contributed by atoms with E-state index in [1.807, 2.05) is 0 Å². The van der Waals surface area contributed by atoms with Gasteiger partial charge in [0.05, 0.1) is 30.9 Å². The van der Waals surface area contributed by atoms with Crippen LogP contribution in [-0.2, 0) is 39.7 Å². The van der Waals surface area contributed by atoms with E-state index in [1.54, 1.807) is 0 Å². The molecular weight excluding hydrogens is 622 g/mol. The van der Waals surface area contributed by atoms with Crippen molar-refractivity contribution in [1.82, 2.24) is 0 Å². The summed E-state index contributed by atoms with van der Waals surface area (Å²) in [6.45, 7) is -0.499.